The van der Waals surface area contributed by atoms with Crippen molar-refractivity contribution in [3.8, 4) is 5.75 Å². The first kappa shape index (κ1) is 22.8. The summed E-state index contributed by atoms with van der Waals surface area (Å²) >= 11 is 0. The quantitative estimate of drug-likeness (QED) is 0.702. The maximum absolute atomic E-state index is 13.0. The molecule has 0 radical (unpaired) electrons. The van der Waals surface area contributed by atoms with E-state index in [2.05, 4.69) is 5.32 Å². The number of rotatable bonds is 7. The molecule has 0 bridgehead atoms. The Balaban J connectivity index is 1.73. The van der Waals surface area contributed by atoms with Crippen LogP contribution in [0.4, 0.5) is 5.69 Å². The number of hydrogen-bond donors (Lipinski definition) is 1. The molecule has 0 aliphatic carbocycles. The van der Waals surface area contributed by atoms with E-state index < -0.39 is 21.3 Å². The lowest BCUT2D eigenvalue weighted by Gasteiger charge is -2.19. The van der Waals surface area contributed by atoms with Crippen molar-refractivity contribution < 1.29 is 22.7 Å². The smallest absolute Gasteiger partial charge is 0.243 e. The Kier molecular flexibility index (Phi) is 6.11. The van der Waals surface area contributed by atoms with E-state index in [0.717, 1.165) is 9.87 Å². The second-order valence-corrected chi connectivity index (χ2v) is 10.1. The van der Waals surface area contributed by atoms with Gasteiger partial charge in [0.05, 0.1) is 24.0 Å². The van der Waals surface area contributed by atoms with E-state index in [1.54, 1.807) is 40.1 Å². The van der Waals surface area contributed by atoms with Crippen molar-refractivity contribution in [3.63, 3.8) is 0 Å². The molecular weight excluding hydrogens is 418 g/mol. The molecule has 3 rings (SSSR count). The maximum Gasteiger partial charge on any atom is 0.243 e. The normalized spacial score (nSPS) is 15.2. The van der Waals surface area contributed by atoms with Gasteiger partial charge in [-0.05, 0) is 43.7 Å². The van der Waals surface area contributed by atoms with Crippen LogP contribution in [0, 0.1) is 0 Å². The monoisotopic (exact) mass is 445 g/mol. The molecule has 0 saturated heterocycles. The van der Waals surface area contributed by atoms with Gasteiger partial charge in [-0.15, -0.1) is 0 Å². The minimum absolute atomic E-state index is 0.0439. The lowest BCUT2D eigenvalue weighted by atomic mass is 9.86. The van der Waals surface area contributed by atoms with Gasteiger partial charge in [-0.2, -0.15) is 4.31 Å². The van der Waals surface area contributed by atoms with Crippen LogP contribution < -0.4 is 15.0 Å². The van der Waals surface area contributed by atoms with Gasteiger partial charge in [0.2, 0.25) is 21.8 Å². The maximum atomic E-state index is 13.0. The summed E-state index contributed by atoms with van der Waals surface area (Å²) in [6.07, 6.45) is 0. The lowest BCUT2D eigenvalue weighted by molar-refractivity contribution is -0.122. The second kappa shape index (κ2) is 8.32. The van der Waals surface area contributed by atoms with Crippen molar-refractivity contribution in [2.24, 2.45) is 0 Å². The highest BCUT2D eigenvalue weighted by molar-refractivity contribution is 7.89. The fourth-order valence-corrected chi connectivity index (χ4v) is 4.83. The van der Waals surface area contributed by atoms with Crippen LogP contribution in [0.3, 0.4) is 0 Å². The first-order valence-electron chi connectivity index (χ1n) is 9.77. The van der Waals surface area contributed by atoms with Gasteiger partial charge in [-0.25, -0.2) is 8.42 Å². The summed E-state index contributed by atoms with van der Waals surface area (Å²) in [4.78, 5) is 26.4. The van der Waals surface area contributed by atoms with Crippen LogP contribution in [0.5, 0.6) is 5.75 Å². The number of sulfonamides is 1. The minimum Gasteiger partial charge on any atom is -0.496 e. The van der Waals surface area contributed by atoms with E-state index in [9.17, 15) is 18.0 Å². The Morgan fingerprint density at radius 1 is 1.19 bits per heavy atom. The van der Waals surface area contributed by atoms with E-state index >= 15 is 0 Å². The van der Waals surface area contributed by atoms with E-state index in [1.165, 1.54) is 24.1 Å². The summed E-state index contributed by atoms with van der Waals surface area (Å²) < 4.78 is 32.3. The summed E-state index contributed by atoms with van der Waals surface area (Å²) in [6, 6.07) is 11.9. The summed E-state index contributed by atoms with van der Waals surface area (Å²) in [5.41, 5.74) is 1.31. The molecule has 2 aromatic carbocycles. The molecule has 0 aromatic heterocycles. The van der Waals surface area contributed by atoms with E-state index in [0.29, 0.717) is 17.0 Å². The number of nitrogens with one attached hydrogen (secondary N) is 1. The van der Waals surface area contributed by atoms with Crippen LogP contribution in [-0.2, 0) is 31.6 Å². The molecule has 1 heterocycles. The van der Waals surface area contributed by atoms with Gasteiger partial charge >= 0.3 is 0 Å². The topological polar surface area (TPSA) is 96.0 Å². The Labute approximate surface area is 182 Å². The van der Waals surface area contributed by atoms with Crippen LogP contribution in [0.1, 0.15) is 25.0 Å². The molecule has 2 aromatic rings. The molecule has 0 spiro atoms. The Morgan fingerprint density at radius 2 is 1.87 bits per heavy atom. The van der Waals surface area contributed by atoms with E-state index in [-0.39, 0.29) is 23.9 Å². The molecule has 0 atom stereocenters. The fraction of sp³-hybridized carbons (Fsp3) is 0.364. The molecule has 0 fully saturated rings. The Morgan fingerprint density at radius 3 is 2.55 bits per heavy atom. The SMILES string of the molecule is COc1ccccc1CNC(=O)CN(C)S(=O)(=O)c1ccc2c(c1)C(C)(C)C(=O)N2C. The summed E-state index contributed by atoms with van der Waals surface area (Å²) in [6.45, 7) is 3.42. The highest BCUT2D eigenvalue weighted by Gasteiger charge is 2.43. The molecule has 1 N–H and O–H groups in total. The predicted molar refractivity (Wildman–Crippen MR) is 118 cm³/mol. The van der Waals surface area contributed by atoms with Gasteiger partial charge in [0, 0.05) is 31.9 Å². The van der Waals surface area contributed by atoms with E-state index in [1.807, 2.05) is 18.2 Å². The number of amides is 2. The third kappa shape index (κ3) is 4.15. The first-order chi connectivity index (χ1) is 14.5. The number of nitrogens with zero attached hydrogens (tertiary/aromatic N) is 2. The molecule has 31 heavy (non-hydrogen) atoms. The summed E-state index contributed by atoms with van der Waals surface area (Å²) in [7, 11) is 0.651. The number of benzene rings is 2. The number of likely N-dealkylation sites (N-methyl/N-ethyl adjacent to an activating group) is 2. The van der Waals surface area contributed by atoms with Gasteiger partial charge < -0.3 is 15.0 Å². The largest absolute Gasteiger partial charge is 0.496 e. The van der Waals surface area contributed by atoms with Crippen molar-refractivity contribution >= 4 is 27.5 Å². The molecule has 1 aliphatic heterocycles. The summed E-state index contributed by atoms with van der Waals surface area (Å²) in [5.74, 6) is 0.110. The number of hydrogen-bond acceptors (Lipinski definition) is 5. The zero-order chi connectivity index (χ0) is 23.0. The van der Waals surface area contributed by atoms with Gasteiger partial charge in [0.1, 0.15) is 5.75 Å². The predicted octanol–water partition coefficient (Wildman–Crippen LogP) is 1.89. The van der Waals surface area contributed by atoms with Crippen LogP contribution >= 0.6 is 0 Å². The zero-order valence-electron chi connectivity index (χ0n) is 18.3. The number of methoxy groups -OCH3 is 1. The highest BCUT2D eigenvalue weighted by Crippen LogP contribution is 2.41. The molecule has 1 aliphatic rings. The van der Waals surface area contributed by atoms with Crippen molar-refractivity contribution in [1.82, 2.24) is 9.62 Å². The Hall–Kier alpha value is -2.91. The number of fused-ring (bicyclic) bond motifs is 1. The van der Waals surface area contributed by atoms with Gasteiger partial charge in [0.15, 0.2) is 0 Å². The third-order valence-corrected chi connectivity index (χ3v) is 7.38. The first-order valence-corrected chi connectivity index (χ1v) is 11.2. The average molecular weight is 446 g/mol. The van der Waals surface area contributed by atoms with Crippen LogP contribution in [-0.4, -0.2) is 52.3 Å². The van der Waals surface area contributed by atoms with Crippen molar-refractivity contribution in [3.05, 3.63) is 53.6 Å². The van der Waals surface area contributed by atoms with Gasteiger partial charge in [0.25, 0.3) is 0 Å². The Bertz CT molecular complexity index is 1130. The molecular formula is C22H27N3O5S. The van der Waals surface area contributed by atoms with Crippen LogP contribution in [0.25, 0.3) is 0 Å². The fourth-order valence-electron chi connectivity index (χ4n) is 3.68. The average Bonchev–Trinajstić information content (AvgIpc) is 2.92. The molecule has 8 nitrogen and oxygen atoms in total. The number of carbonyl (C=O) groups is 2. The molecule has 166 valence electrons. The molecule has 2 amide bonds. The molecule has 0 saturated carbocycles. The minimum atomic E-state index is -3.92. The highest BCUT2D eigenvalue weighted by atomic mass is 32.2. The van der Waals surface area contributed by atoms with Gasteiger partial charge in [-0.1, -0.05) is 18.2 Å². The van der Waals surface area contributed by atoms with Crippen molar-refractivity contribution in [1.29, 1.82) is 0 Å². The van der Waals surface area contributed by atoms with Crippen LogP contribution in [0.2, 0.25) is 0 Å². The number of anilines is 1. The zero-order valence-corrected chi connectivity index (χ0v) is 19.1. The lowest BCUT2D eigenvalue weighted by Crippen LogP contribution is -2.38. The third-order valence-electron chi connectivity index (χ3n) is 5.58. The molecule has 9 heteroatoms. The second-order valence-electron chi connectivity index (χ2n) is 8.02. The van der Waals surface area contributed by atoms with Gasteiger partial charge in [-0.3, -0.25) is 9.59 Å². The number of carbonyl (C=O) groups excluding carboxylic acids is 2. The standard InChI is InChI=1S/C22H27N3O5S/c1-22(2)17-12-16(10-11-18(17)25(4)21(22)27)31(28,29)24(3)14-20(26)23-13-15-8-6-7-9-19(15)30-5/h6-12H,13-14H2,1-5H3,(H,23,26). The van der Waals surface area contributed by atoms with Crippen molar-refractivity contribution in [2.45, 2.75) is 30.7 Å². The summed E-state index contributed by atoms with van der Waals surface area (Å²) in [5, 5.41) is 2.72. The molecule has 0 unspecified atom stereocenters. The number of ether oxygens (including phenoxy) is 1. The van der Waals surface area contributed by atoms with Crippen molar-refractivity contribution in [2.75, 3.05) is 32.6 Å². The van der Waals surface area contributed by atoms with E-state index in [4.69, 9.17) is 4.74 Å². The number of para-hydroxylation sites is 1. The van der Waals surface area contributed by atoms with Crippen LogP contribution in [0.15, 0.2) is 47.4 Å².